The van der Waals surface area contributed by atoms with E-state index in [0.29, 0.717) is 17.7 Å². The first kappa shape index (κ1) is 14.6. The van der Waals surface area contributed by atoms with Gasteiger partial charge in [-0.15, -0.1) is 0 Å². The SMILES string of the molecule is CCCC1C(=O)c2ccc(C(C)(C)C)cc2N1C(=O)O. The largest absolute Gasteiger partial charge is 0.465 e. The molecule has 0 aliphatic carbocycles. The number of fused-ring (bicyclic) bond motifs is 1. The molecule has 20 heavy (non-hydrogen) atoms. The Morgan fingerprint density at radius 1 is 1.35 bits per heavy atom. The van der Waals surface area contributed by atoms with Crippen molar-refractivity contribution in [3.63, 3.8) is 0 Å². The van der Waals surface area contributed by atoms with E-state index in [0.717, 1.165) is 12.0 Å². The first-order chi connectivity index (χ1) is 9.27. The van der Waals surface area contributed by atoms with Crippen molar-refractivity contribution in [3.05, 3.63) is 29.3 Å². The molecule has 4 heteroatoms. The average Bonchev–Trinajstić information content (AvgIpc) is 2.62. The molecule has 1 unspecified atom stereocenters. The van der Waals surface area contributed by atoms with E-state index in [1.54, 1.807) is 6.07 Å². The minimum atomic E-state index is -1.05. The van der Waals surface area contributed by atoms with Crippen LogP contribution in [0.15, 0.2) is 18.2 Å². The van der Waals surface area contributed by atoms with Gasteiger partial charge in [-0.25, -0.2) is 4.79 Å². The van der Waals surface area contributed by atoms with E-state index < -0.39 is 12.1 Å². The lowest BCUT2D eigenvalue weighted by Crippen LogP contribution is -2.39. The summed E-state index contributed by atoms with van der Waals surface area (Å²) in [6.45, 7) is 8.16. The summed E-state index contributed by atoms with van der Waals surface area (Å²) in [7, 11) is 0. The molecule has 108 valence electrons. The summed E-state index contributed by atoms with van der Waals surface area (Å²) < 4.78 is 0. The molecule has 2 rings (SSSR count). The first-order valence-corrected chi connectivity index (χ1v) is 6.98. The third-order valence-electron chi connectivity index (χ3n) is 3.77. The molecule has 0 aromatic heterocycles. The molecule has 0 saturated carbocycles. The van der Waals surface area contributed by atoms with Gasteiger partial charge in [0.1, 0.15) is 6.04 Å². The van der Waals surface area contributed by atoms with Crippen molar-refractivity contribution in [2.45, 2.75) is 52.0 Å². The van der Waals surface area contributed by atoms with Crippen molar-refractivity contribution >= 4 is 17.6 Å². The van der Waals surface area contributed by atoms with Gasteiger partial charge >= 0.3 is 6.09 Å². The van der Waals surface area contributed by atoms with Gasteiger partial charge in [-0.3, -0.25) is 9.69 Å². The Morgan fingerprint density at radius 3 is 2.50 bits per heavy atom. The van der Waals surface area contributed by atoms with E-state index in [1.165, 1.54) is 4.90 Å². The summed E-state index contributed by atoms with van der Waals surface area (Å²) in [5.41, 5.74) is 2.02. The van der Waals surface area contributed by atoms with Crippen molar-refractivity contribution in [1.29, 1.82) is 0 Å². The third kappa shape index (κ3) is 2.30. The van der Waals surface area contributed by atoms with Gasteiger partial charge in [0.25, 0.3) is 0 Å². The summed E-state index contributed by atoms with van der Waals surface area (Å²) in [5, 5.41) is 9.44. The molecule has 1 aliphatic rings. The number of rotatable bonds is 2. The number of ketones is 1. The van der Waals surface area contributed by atoms with Crippen LogP contribution in [0.1, 0.15) is 56.5 Å². The van der Waals surface area contributed by atoms with Crippen molar-refractivity contribution in [2.75, 3.05) is 4.90 Å². The van der Waals surface area contributed by atoms with Gasteiger partial charge in [-0.05, 0) is 29.5 Å². The molecule has 4 nitrogen and oxygen atoms in total. The molecule has 0 fully saturated rings. The van der Waals surface area contributed by atoms with Crippen molar-refractivity contribution in [1.82, 2.24) is 0 Å². The van der Waals surface area contributed by atoms with Gasteiger partial charge in [0.15, 0.2) is 5.78 Å². The second-order valence-electron chi connectivity index (χ2n) is 6.30. The molecule has 1 amide bonds. The summed E-state index contributed by atoms with van der Waals surface area (Å²) in [4.78, 5) is 25.1. The molecule has 0 radical (unpaired) electrons. The maximum absolute atomic E-state index is 12.4. The number of Topliss-reactive ketones (excluding diaryl/α,β-unsaturated/α-hetero) is 1. The zero-order valence-electron chi connectivity index (χ0n) is 12.4. The fraction of sp³-hybridized carbons (Fsp3) is 0.500. The van der Waals surface area contributed by atoms with Gasteiger partial charge in [-0.2, -0.15) is 0 Å². The van der Waals surface area contributed by atoms with Crippen LogP contribution in [0, 0.1) is 0 Å². The molecule has 1 atom stereocenters. The highest BCUT2D eigenvalue weighted by atomic mass is 16.4. The van der Waals surface area contributed by atoms with Crippen LogP contribution in [-0.4, -0.2) is 23.0 Å². The second kappa shape index (κ2) is 4.93. The molecule has 1 aromatic carbocycles. The average molecular weight is 275 g/mol. The highest BCUT2D eigenvalue weighted by Crippen LogP contribution is 2.37. The van der Waals surface area contributed by atoms with Crippen LogP contribution in [0.25, 0.3) is 0 Å². The minimum absolute atomic E-state index is 0.0783. The number of hydrogen-bond donors (Lipinski definition) is 1. The van der Waals surface area contributed by atoms with E-state index in [4.69, 9.17) is 0 Å². The molecule has 0 spiro atoms. The minimum Gasteiger partial charge on any atom is -0.465 e. The van der Waals surface area contributed by atoms with E-state index >= 15 is 0 Å². The normalized spacial score (nSPS) is 18.3. The zero-order chi connectivity index (χ0) is 15.1. The molecular weight excluding hydrogens is 254 g/mol. The summed E-state index contributed by atoms with van der Waals surface area (Å²) in [5.74, 6) is -0.0790. The predicted octanol–water partition coefficient (Wildman–Crippen LogP) is 3.83. The lowest BCUT2D eigenvalue weighted by molar-refractivity contribution is 0.0963. The Balaban J connectivity index is 2.54. The quantitative estimate of drug-likeness (QED) is 0.892. The predicted molar refractivity (Wildman–Crippen MR) is 78.7 cm³/mol. The third-order valence-corrected chi connectivity index (χ3v) is 3.77. The molecule has 0 bridgehead atoms. The van der Waals surface area contributed by atoms with Crippen molar-refractivity contribution < 1.29 is 14.7 Å². The molecule has 1 aliphatic heterocycles. The Labute approximate surface area is 119 Å². The molecule has 0 saturated heterocycles. The van der Waals surface area contributed by atoms with Crippen LogP contribution in [0.5, 0.6) is 0 Å². The van der Waals surface area contributed by atoms with Crippen LogP contribution in [0.2, 0.25) is 0 Å². The highest BCUT2D eigenvalue weighted by Gasteiger charge is 2.40. The molecular formula is C16H21NO3. The van der Waals surface area contributed by atoms with Gasteiger partial charge in [0.2, 0.25) is 0 Å². The zero-order valence-corrected chi connectivity index (χ0v) is 12.4. The number of carbonyl (C=O) groups is 2. The Morgan fingerprint density at radius 2 is 2.00 bits per heavy atom. The monoisotopic (exact) mass is 275 g/mol. The highest BCUT2D eigenvalue weighted by molar-refractivity contribution is 6.16. The van der Waals surface area contributed by atoms with Gasteiger partial charge in [0.05, 0.1) is 5.69 Å². The number of carboxylic acid groups (broad SMARTS) is 1. The van der Waals surface area contributed by atoms with Crippen LogP contribution in [-0.2, 0) is 5.41 Å². The number of amides is 1. The smallest absolute Gasteiger partial charge is 0.412 e. The fourth-order valence-electron chi connectivity index (χ4n) is 2.64. The van der Waals surface area contributed by atoms with Crippen LogP contribution < -0.4 is 4.90 Å². The fourth-order valence-corrected chi connectivity index (χ4v) is 2.64. The Hall–Kier alpha value is -1.84. The lowest BCUT2D eigenvalue weighted by atomic mass is 9.86. The van der Waals surface area contributed by atoms with Gasteiger partial charge in [0, 0.05) is 5.56 Å². The van der Waals surface area contributed by atoms with E-state index in [2.05, 4.69) is 20.8 Å². The van der Waals surface area contributed by atoms with E-state index in [-0.39, 0.29) is 11.2 Å². The number of carbonyl (C=O) groups excluding carboxylic acids is 1. The summed E-state index contributed by atoms with van der Waals surface area (Å²) in [6.07, 6.45) is 0.284. The molecule has 1 aromatic rings. The number of benzene rings is 1. The molecule has 1 N–H and O–H groups in total. The van der Waals surface area contributed by atoms with E-state index in [1.807, 2.05) is 19.1 Å². The molecule has 1 heterocycles. The number of hydrogen-bond acceptors (Lipinski definition) is 2. The maximum Gasteiger partial charge on any atom is 0.412 e. The van der Waals surface area contributed by atoms with Crippen molar-refractivity contribution in [3.8, 4) is 0 Å². The first-order valence-electron chi connectivity index (χ1n) is 6.98. The number of nitrogens with zero attached hydrogens (tertiary/aromatic N) is 1. The van der Waals surface area contributed by atoms with Crippen molar-refractivity contribution in [2.24, 2.45) is 0 Å². The Kier molecular flexibility index (Phi) is 3.59. The number of anilines is 1. The lowest BCUT2D eigenvalue weighted by Gasteiger charge is -2.23. The summed E-state index contributed by atoms with van der Waals surface area (Å²) >= 11 is 0. The van der Waals surface area contributed by atoms with Crippen LogP contribution in [0.3, 0.4) is 0 Å². The van der Waals surface area contributed by atoms with Crippen LogP contribution in [0.4, 0.5) is 10.5 Å². The Bertz CT molecular complexity index is 557. The summed E-state index contributed by atoms with van der Waals surface area (Å²) in [6, 6.07) is 4.97. The second-order valence-corrected chi connectivity index (χ2v) is 6.30. The van der Waals surface area contributed by atoms with Gasteiger partial charge in [-0.1, -0.05) is 40.2 Å². The maximum atomic E-state index is 12.4. The van der Waals surface area contributed by atoms with Gasteiger partial charge < -0.3 is 5.11 Å². The topological polar surface area (TPSA) is 57.6 Å². The van der Waals surface area contributed by atoms with Crippen LogP contribution >= 0.6 is 0 Å². The standard InChI is InChI=1S/C16H21NO3/c1-5-6-12-14(18)11-8-7-10(16(2,3)4)9-13(11)17(12)15(19)20/h7-9,12H,5-6H2,1-4H3,(H,19,20). The van der Waals surface area contributed by atoms with E-state index in [9.17, 15) is 14.7 Å².